The van der Waals surface area contributed by atoms with Gasteiger partial charge in [-0.3, -0.25) is 0 Å². The van der Waals surface area contributed by atoms with Crippen molar-refractivity contribution in [2.75, 3.05) is 13.1 Å². The third-order valence-corrected chi connectivity index (χ3v) is 5.81. The molecule has 2 aromatic carbocycles. The van der Waals surface area contributed by atoms with Crippen LogP contribution in [0.5, 0.6) is 0 Å². The molecule has 1 aromatic heterocycles. The van der Waals surface area contributed by atoms with Crippen LogP contribution in [0.4, 0.5) is 0 Å². The average molecular weight is 317 g/mol. The first-order valence-electron chi connectivity index (χ1n) is 9.15. The van der Waals surface area contributed by atoms with E-state index < -0.39 is 0 Å². The van der Waals surface area contributed by atoms with Crippen molar-refractivity contribution in [3.05, 3.63) is 65.5 Å². The summed E-state index contributed by atoms with van der Waals surface area (Å²) in [4.78, 5) is 5.11. The SMILES string of the molecule is c1ccc2c(c1)CCn1c(nc3ccccc31)C2C1CCNCC1. The van der Waals surface area contributed by atoms with Crippen LogP contribution in [0.3, 0.4) is 0 Å². The lowest BCUT2D eigenvalue weighted by Crippen LogP contribution is -2.32. The predicted octanol–water partition coefficient (Wildman–Crippen LogP) is 3.72. The number of para-hydroxylation sites is 2. The second-order valence-electron chi connectivity index (χ2n) is 7.12. The largest absolute Gasteiger partial charge is 0.327 e. The molecule has 2 aliphatic rings. The summed E-state index contributed by atoms with van der Waals surface area (Å²) in [6, 6.07) is 17.7. The summed E-state index contributed by atoms with van der Waals surface area (Å²) in [5.74, 6) is 2.40. The molecule has 0 saturated carbocycles. The molecule has 5 rings (SSSR count). The number of imidazole rings is 1. The normalized spacial score (nSPS) is 21.2. The Morgan fingerprint density at radius 2 is 1.75 bits per heavy atom. The quantitative estimate of drug-likeness (QED) is 0.741. The zero-order valence-corrected chi connectivity index (χ0v) is 13.9. The van der Waals surface area contributed by atoms with Crippen LogP contribution in [0, 0.1) is 5.92 Å². The van der Waals surface area contributed by atoms with Crippen molar-refractivity contribution in [2.45, 2.75) is 31.7 Å². The maximum Gasteiger partial charge on any atom is 0.117 e. The minimum atomic E-state index is 0.429. The predicted molar refractivity (Wildman–Crippen MR) is 97.3 cm³/mol. The fourth-order valence-electron chi connectivity index (χ4n) is 4.65. The van der Waals surface area contributed by atoms with E-state index in [0.29, 0.717) is 11.8 Å². The number of piperidine rings is 1. The molecule has 3 heteroatoms. The van der Waals surface area contributed by atoms with Crippen LogP contribution in [-0.4, -0.2) is 22.6 Å². The third kappa shape index (κ3) is 2.19. The first-order valence-corrected chi connectivity index (χ1v) is 9.15. The molecule has 0 bridgehead atoms. The number of rotatable bonds is 1. The number of fused-ring (bicyclic) bond motifs is 4. The summed E-state index contributed by atoms with van der Waals surface area (Å²) in [6.45, 7) is 3.29. The van der Waals surface area contributed by atoms with E-state index in [4.69, 9.17) is 4.98 Å². The summed E-state index contributed by atoms with van der Waals surface area (Å²) in [5, 5.41) is 3.52. The molecule has 24 heavy (non-hydrogen) atoms. The van der Waals surface area contributed by atoms with Gasteiger partial charge in [-0.2, -0.15) is 0 Å². The van der Waals surface area contributed by atoms with Gasteiger partial charge in [0, 0.05) is 12.5 Å². The van der Waals surface area contributed by atoms with E-state index in [-0.39, 0.29) is 0 Å². The molecule has 1 fully saturated rings. The number of hydrogen-bond donors (Lipinski definition) is 1. The van der Waals surface area contributed by atoms with Crippen molar-refractivity contribution in [3.63, 3.8) is 0 Å². The summed E-state index contributed by atoms with van der Waals surface area (Å²) >= 11 is 0. The van der Waals surface area contributed by atoms with Crippen molar-refractivity contribution in [3.8, 4) is 0 Å². The van der Waals surface area contributed by atoms with Crippen molar-refractivity contribution < 1.29 is 0 Å². The lowest BCUT2D eigenvalue weighted by molar-refractivity contribution is 0.333. The molecule has 1 atom stereocenters. The highest BCUT2D eigenvalue weighted by atomic mass is 15.1. The number of hydrogen-bond acceptors (Lipinski definition) is 2. The van der Waals surface area contributed by atoms with E-state index in [2.05, 4.69) is 58.4 Å². The number of benzene rings is 2. The van der Waals surface area contributed by atoms with Crippen LogP contribution >= 0.6 is 0 Å². The molecule has 3 heterocycles. The zero-order valence-electron chi connectivity index (χ0n) is 13.9. The fourth-order valence-corrected chi connectivity index (χ4v) is 4.65. The van der Waals surface area contributed by atoms with Crippen LogP contribution in [0.2, 0.25) is 0 Å². The first-order chi connectivity index (χ1) is 11.9. The van der Waals surface area contributed by atoms with Gasteiger partial charge in [0.05, 0.1) is 11.0 Å². The molecule has 1 unspecified atom stereocenters. The molecular formula is C21H23N3. The highest BCUT2D eigenvalue weighted by Crippen LogP contribution is 2.41. The molecule has 0 spiro atoms. The fraction of sp³-hybridized carbons (Fsp3) is 0.381. The van der Waals surface area contributed by atoms with Gasteiger partial charge in [0.2, 0.25) is 0 Å². The Bertz CT molecular complexity index is 874. The van der Waals surface area contributed by atoms with E-state index >= 15 is 0 Å². The van der Waals surface area contributed by atoms with Crippen LogP contribution in [0.15, 0.2) is 48.5 Å². The van der Waals surface area contributed by atoms with Crippen molar-refractivity contribution in [1.82, 2.24) is 14.9 Å². The van der Waals surface area contributed by atoms with E-state index in [1.165, 1.54) is 35.3 Å². The second kappa shape index (κ2) is 5.75. The summed E-state index contributed by atoms with van der Waals surface area (Å²) in [6.07, 6.45) is 3.58. The van der Waals surface area contributed by atoms with Crippen molar-refractivity contribution in [1.29, 1.82) is 0 Å². The maximum atomic E-state index is 5.11. The zero-order chi connectivity index (χ0) is 15.9. The maximum absolute atomic E-state index is 5.11. The highest BCUT2D eigenvalue weighted by molar-refractivity contribution is 5.76. The highest BCUT2D eigenvalue weighted by Gasteiger charge is 2.33. The van der Waals surface area contributed by atoms with Crippen LogP contribution in [0.25, 0.3) is 11.0 Å². The Balaban J connectivity index is 1.73. The summed E-state index contributed by atoms with van der Waals surface area (Å²) < 4.78 is 2.49. The number of nitrogens with one attached hydrogen (secondary N) is 1. The molecular weight excluding hydrogens is 294 g/mol. The molecule has 0 amide bonds. The molecule has 1 saturated heterocycles. The minimum Gasteiger partial charge on any atom is -0.327 e. The van der Waals surface area contributed by atoms with Gasteiger partial charge in [-0.1, -0.05) is 36.4 Å². The van der Waals surface area contributed by atoms with E-state index in [0.717, 1.165) is 31.6 Å². The van der Waals surface area contributed by atoms with Crippen LogP contribution in [0.1, 0.15) is 35.7 Å². The lowest BCUT2D eigenvalue weighted by atomic mass is 9.78. The third-order valence-electron chi connectivity index (χ3n) is 5.81. The van der Waals surface area contributed by atoms with Crippen molar-refractivity contribution >= 4 is 11.0 Å². The molecule has 1 N–H and O–H groups in total. The van der Waals surface area contributed by atoms with Gasteiger partial charge >= 0.3 is 0 Å². The number of nitrogens with zero attached hydrogens (tertiary/aromatic N) is 2. The first kappa shape index (κ1) is 14.2. The average Bonchev–Trinajstić information content (AvgIpc) is 2.92. The topological polar surface area (TPSA) is 29.9 Å². The van der Waals surface area contributed by atoms with Crippen molar-refractivity contribution in [2.24, 2.45) is 5.92 Å². The lowest BCUT2D eigenvalue weighted by Gasteiger charge is -2.31. The number of aryl methyl sites for hydroxylation is 2. The molecule has 3 nitrogen and oxygen atoms in total. The van der Waals surface area contributed by atoms with Gasteiger partial charge in [0.1, 0.15) is 5.82 Å². The van der Waals surface area contributed by atoms with Gasteiger partial charge in [-0.05, 0) is 61.5 Å². The summed E-state index contributed by atoms with van der Waals surface area (Å²) in [5.41, 5.74) is 5.46. The Morgan fingerprint density at radius 1 is 0.958 bits per heavy atom. The molecule has 2 aliphatic heterocycles. The molecule has 0 aliphatic carbocycles. The van der Waals surface area contributed by atoms with Gasteiger partial charge in [0.15, 0.2) is 0 Å². The van der Waals surface area contributed by atoms with E-state index in [9.17, 15) is 0 Å². The van der Waals surface area contributed by atoms with Crippen LogP contribution in [-0.2, 0) is 13.0 Å². The molecule has 0 radical (unpaired) electrons. The Morgan fingerprint density at radius 3 is 2.67 bits per heavy atom. The minimum absolute atomic E-state index is 0.429. The van der Waals surface area contributed by atoms with E-state index in [1.807, 2.05) is 0 Å². The molecule has 3 aromatic rings. The Labute approximate surface area is 142 Å². The standard InChI is InChI=1S/C21H23N3/c1-2-6-17-15(5-1)11-14-24-19-8-4-3-7-18(19)23-21(24)20(17)16-9-12-22-13-10-16/h1-8,16,20,22H,9-14H2. The second-order valence-corrected chi connectivity index (χ2v) is 7.12. The van der Waals surface area contributed by atoms with E-state index in [1.54, 1.807) is 0 Å². The molecule has 122 valence electrons. The number of aromatic nitrogens is 2. The van der Waals surface area contributed by atoms with Gasteiger partial charge in [0.25, 0.3) is 0 Å². The van der Waals surface area contributed by atoms with Crippen LogP contribution < -0.4 is 5.32 Å². The Hall–Kier alpha value is -2.13. The smallest absolute Gasteiger partial charge is 0.117 e. The van der Waals surface area contributed by atoms with Gasteiger partial charge in [-0.25, -0.2) is 4.98 Å². The van der Waals surface area contributed by atoms with Gasteiger partial charge < -0.3 is 9.88 Å². The Kier molecular flexibility index (Phi) is 3.41. The van der Waals surface area contributed by atoms with Gasteiger partial charge in [-0.15, -0.1) is 0 Å². The summed E-state index contributed by atoms with van der Waals surface area (Å²) in [7, 11) is 0. The monoisotopic (exact) mass is 317 g/mol.